The second-order valence-corrected chi connectivity index (χ2v) is 8.27. The monoisotopic (exact) mass is 488 g/mol. The van der Waals surface area contributed by atoms with Crippen LogP contribution in [0.15, 0.2) is 52.0 Å². The van der Waals surface area contributed by atoms with Crippen LogP contribution in [-0.2, 0) is 11.4 Å². The highest BCUT2D eigenvalue weighted by Crippen LogP contribution is 2.26. The molecule has 8 nitrogen and oxygen atoms in total. The predicted molar refractivity (Wildman–Crippen MR) is 122 cm³/mol. The van der Waals surface area contributed by atoms with E-state index < -0.39 is 4.92 Å². The van der Waals surface area contributed by atoms with Crippen molar-refractivity contribution in [2.24, 2.45) is 5.10 Å². The first-order valence-corrected chi connectivity index (χ1v) is 11.0. The molecule has 2 aromatic rings. The molecule has 0 unspecified atom stereocenters. The molecule has 9 heteroatoms. The molecule has 2 aromatic carbocycles. The molecule has 164 valence electrons. The summed E-state index contributed by atoms with van der Waals surface area (Å²) < 4.78 is 6.51. The number of nitrogens with one attached hydrogen (secondary N) is 2. The van der Waals surface area contributed by atoms with Gasteiger partial charge in [-0.05, 0) is 70.2 Å². The lowest BCUT2D eigenvalue weighted by atomic mass is 9.95. The fraction of sp³-hybridized carbons (Fsp3) is 0.364. The standard InChI is InChI=1S/C22H25BrN4O4/c23-20-12-17(13-25-26-22(28)14-24-18-4-2-1-3-5-18)8-11-21(20)31-15-16-6-9-19(10-7-16)27(29)30/h6-13,18,24H,1-5,14-15H2,(H,26,28)/b25-13-. The maximum atomic E-state index is 11.9. The number of hydrogen-bond donors (Lipinski definition) is 2. The largest absolute Gasteiger partial charge is 0.488 e. The summed E-state index contributed by atoms with van der Waals surface area (Å²) in [4.78, 5) is 22.2. The normalized spacial score (nSPS) is 14.5. The second-order valence-electron chi connectivity index (χ2n) is 7.41. The van der Waals surface area contributed by atoms with Crippen molar-refractivity contribution in [2.45, 2.75) is 44.8 Å². The van der Waals surface area contributed by atoms with Gasteiger partial charge in [0.1, 0.15) is 12.4 Å². The molecule has 1 aliphatic rings. The van der Waals surface area contributed by atoms with Gasteiger partial charge in [-0.2, -0.15) is 5.10 Å². The molecule has 0 spiro atoms. The van der Waals surface area contributed by atoms with Crippen molar-refractivity contribution in [1.29, 1.82) is 0 Å². The quantitative estimate of drug-likeness (QED) is 0.310. The van der Waals surface area contributed by atoms with Gasteiger partial charge in [0.2, 0.25) is 0 Å². The summed E-state index contributed by atoms with van der Waals surface area (Å²) in [7, 11) is 0. The van der Waals surface area contributed by atoms with E-state index >= 15 is 0 Å². The van der Waals surface area contributed by atoms with Crippen LogP contribution in [0.4, 0.5) is 5.69 Å². The van der Waals surface area contributed by atoms with Crippen LogP contribution in [0.1, 0.15) is 43.2 Å². The third kappa shape index (κ3) is 7.45. The number of rotatable bonds is 9. The molecule has 0 aliphatic heterocycles. The first-order chi connectivity index (χ1) is 15.0. The molecule has 1 saturated carbocycles. The first-order valence-electron chi connectivity index (χ1n) is 10.2. The zero-order valence-electron chi connectivity index (χ0n) is 17.1. The summed E-state index contributed by atoms with van der Waals surface area (Å²) >= 11 is 3.47. The molecule has 0 saturated heterocycles. The maximum Gasteiger partial charge on any atom is 0.269 e. The third-order valence-electron chi connectivity index (χ3n) is 5.06. The van der Waals surface area contributed by atoms with Gasteiger partial charge in [-0.25, -0.2) is 5.43 Å². The number of hydrazone groups is 1. The van der Waals surface area contributed by atoms with Crippen molar-refractivity contribution in [3.63, 3.8) is 0 Å². The Labute approximate surface area is 189 Å². The van der Waals surface area contributed by atoms with E-state index in [-0.39, 0.29) is 24.7 Å². The van der Waals surface area contributed by atoms with Gasteiger partial charge in [0, 0.05) is 18.2 Å². The molecule has 0 radical (unpaired) electrons. The highest BCUT2D eigenvalue weighted by Gasteiger charge is 2.13. The number of hydrogen-bond acceptors (Lipinski definition) is 6. The first kappa shape index (κ1) is 22.9. The van der Waals surface area contributed by atoms with Crippen molar-refractivity contribution >= 4 is 33.7 Å². The average molecular weight is 489 g/mol. The van der Waals surface area contributed by atoms with Crippen LogP contribution in [0.3, 0.4) is 0 Å². The van der Waals surface area contributed by atoms with Gasteiger partial charge in [-0.3, -0.25) is 14.9 Å². The van der Waals surface area contributed by atoms with E-state index in [1.807, 2.05) is 12.1 Å². The van der Waals surface area contributed by atoms with E-state index in [1.54, 1.807) is 24.4 Å². The van der Waals surface area contributed by atoms with Crippen molar-refractivity contribution < 1.29 is 14.5 Å². The Kier molecular flexibility index (Phi) is 8.54. The van der Waals surface area contributed by atoms with Gasteiger partial charge in [-0.15, -0.1) is 0 Å². The van der Waals surface area contributed by atoms with Gasteiger partial charge in [0.15, 0.2) is 0 Å². The molecule has 31 heavy (non-hydrogen) atoms. The fourth-order valence-corrected chi connectivity index (χ4v) is 3.86. The lowest BCUT2D eigenvalue weighted by Crippen LogP contribution is -2.38. The van der Waals surface area contributed by atoms with E-state index in [4.69, 9.17) is 4.74 Å². The highest BCUT2D eigenvalue weighted by atomic mass is 79.9. The summed E-state index contributed by atoms with van der Waals surface area (Å²) in [6.07, 6.45) is 7.56. The van der Waals surface area contributed by atoms with Gasteiger partial charge < -0.3 is 10.1 Å². The molecule has 0 aromatic heterocycles. The number of non-ortho nitro benzene ring substituents is 1. The molecular formula is C22H25BrN4O4. The van der Waals surface area contributed by atoms with E-state index in [9.17, 15) is 14.9 Å². The lowest BCUT2D eigenvalue weighted by Gasteiger charge is -2.22. The summed E-state index contributed by atoms with van der Waals surface area (Å²) in [5.74, 6) is 0.472. The van der Waals surface area contributed by atoms with Crippen LogP contribution in [-0.4, -0.2) is 29.6 Å². The number of carbonyl (C=O) groups is 1. The Hall–Kier alpha value is -2.78. The molecule has 1 amide bonds. The summed E-state index contributed by atoms with van der Waals surface area (Å²) in [5, 5.41) is 18.0. The van der Waals surface area contributed by atoms with E-state index in [2.05, 4.69) is 31.8 Å². The Balaban J connectivity index is 1.44. The molecule has 1 fully saturated rings. The molecule has 0 heterocycles. The number of ether oxygens (including phenoxy) is 1. The van der Waals surface area contributed by atoms with Gasteiger partial charge in [0.05, 0.1) is 22.2 Å². The van der Waals surface area contributed by atoms with Crippen LogP contribution in [0, 0.1) is 10.1 Å². The molecular weight excluding hydrogens is 464 g/mol. The smallest absolute Gasteiger partial charge is 0.269 e. The molecule has 3 rings (SSSR count). The Bertz CT molecular complexity index is 928. The van der Waals surface area contributed by atoms with Crippen molar-refractivity contribution in [3.05, 3.63) is 68.2 Å². The number of nitro benzene ring substituents is 1. The second kappa shape index (κ2) is 11.6. The van der Waals surface area contributed by atoms with Gasteiger partial charge >= 0.3 is 0 Å². The number of amides is 1. The minimum Gasteiger partial charge on any atom is -0.488 e. The number of benzene rings is 2. The summed E-state index contributed by atoms with van der Waals surface area (Å²) in [6, 6.07) is 12.1. The van der Waals surface area contributed by atoms with Crippen LogP contribution < -0.4 is 15.5 Å². The summed E-state index contributed by atoms with van der Waals surface area (Å²) in [6.45, 7) is 0.551. The van der Waals surface area contributed by atoms with Crippen LogP contribution in [0.5, 0.6) is 5.75 Å². The third-order valence-corrected chi connectivity index (χ3v) is 5.68. The lowest BCUT2D eigenvalue weighted by molar-refractivity contribution is -0.384. The van der Waals surface area contributed by atoms with E-state index in [1.165, 1.54) is 31.4 Å². The van der Waals surface area contributed by atoms with E-state index in [0.717, 1.165) is 28.4 Å². The molecule has 1 aliphatic carbocycles. The predicted octanol–water partition coefficient (Wildman–Crippen LogP) is 4.31. The number of nitro groups is 1. The van der Waals surface area contributed by atoms with Crippen LogP contribution >= 0.6 is 15.9 Å². The van der Waals surface area contributed by atoms with Gasteiger partial charge in [0.25, 0.3) is 11.6 Å². The number of nitrogens with zero attached hydrogens (tertiary/aromatic N) is 2. The molecule has 0 bridgehead atoms. The summed E-state index contributed by atoms with van der Waals surface area (Å²) in [5.41, 5.74) is 4.21. The zero-order chi connectivity index (χ0) is 22.1. The minimum atomic E-state index is -0.433. The topological polar surface area (TPSA) is 106 Å². The van der Waals surface area contributed by atoms with Crippen LogP contribution in [0.25, 0.3) is 0 Å². The zero-order valence-corrected chi connectivity index (χ0v) is 18.6. The Morgan fingerprint density at radius 3 is 2.61 bits per heavy atom. The Morgan fingerprint density at radius 2 is 1.94 bits per heavy atom. The Morgan fingerprint density at radius 1 is 1.19 bits per heavy atom. The minimum absolute atomic E-state index is 0.0467. The fourth-order valence-electron chi connectivity index (χ4n) is 3.35. The van der Waals surface area contributed by atoms with Gasteiger partial charge in [-0.1, -0.05) is 19.3 Å². The maximum absolute atomic E-state index is 11.9. The average Bonchev–Trinajstić information content (AvgIpc) is 2.78. The van der Waals surface area contributed by atoms with E-state index in [0.29, 0.717) is 11.8 Å². The van der Waals surface area contributed by atoms with Crippen molar-refractivity contribution in [3.8, 4) is 5.75 Å². The molecule has 2 N–H and O–H groups in total. The number of carbonyl (C=O) groups excluding carboxylic acids is 1. The molecule has 0 atom stereocenters. The van der Waals surface area contributed by atoms with Crippen molar-refractivity contribution in [1.82, 2.24) is 10.7 Å². The number of halogens is 1. The highest BCUT2D eigenvalue weighted by molar-refractivity contribution is 9.10. The SMILES string of the molecule is O=C(CNC1CCCCC1)N/N=C\c1ccc(OCc2ccc([N+](=O)[O-])cc2)c(Br)c1. The van der Waals surface area contributed by atoms with Crippen LogP contribution in [0.2, 0.25) is 0 Å². The van der Waals surface area contributed by atoms with Crippen molar-refractivity contribution in [2.75, 3.05) is 6.54 Å².